The summed E-state index contributed by atoms with van der Waals surface area (Å²) in [5, 5.41) is 8.73. The number of benzene rings is 1. The van der Waals surface area contributed by atoms with Crippen molar-refractivity contribution in [1.29, 1.82) is 0 Å². The molecule has 0 spiro atoms. The topological polar surface area (TPSA) is 66.8 Å². The monoisotopic (exact) mass is 333 g/mol. The molecule has 0 radical (unpaired) electrons. The summed E-state index contributed by atoms with van der Waals surface area (Å²) >= 11 is 0. The molecule has 1 saturated heterocycles. The second kappa shape index (κ2) is 7.69. The number of hydrogen-bond acceptors (Lipinski definition) is 3. The number of nitrogens with zero attached hydrogens (tertiary/aromatic N) is 1. The Bertz CT molecular complexity index is 566. The molecule has 1 aromatic rings. The molecule has 1 aliphatic heterocycles. The number of ether oxygens (including phenoxy) is 1. The lowest BCUT2D eigenvalue weighted by molar-refractivity contribution is -0.136. The third-order valence-corrected chi connectivity index (χ3v) is 4.23. The molecule has 1 N–H and O–H groups in total. The lowest BCUT2D eigenvalue weighted by Gasteiger charge is -2.33. The Hall–Kier alpha value is -2.04. The molecule has 0 unspecified atom stereocenters. The zero-order chi connectivity index (χ0) is 17.7. The molecule has 1 aromatic carbocycles. The predicted molar refractivity (Wildman–Crippen MR) is 92.2 cm³/mol. The number of aryl methyl sites for hydroxylation is 1. The van der Waals surface area contributed by atoms with Gasteiger partial charge < -0.3 is 14.7 Å². The number of carbonyl (C=O) groups excluding carboxylic acids is 1. The number of likely N-dealkylation sites (tertiary alicyclic amines) is 1. The van der Waals surface area contributed by atoms with Crippen LogP contribution in [0.5, 0.6) is 0 Å². The highest BCUT2D eigenvalue weighted by Crippen LogP contribution is 2.29. The van der Waals surface area contributed by atoms with Gasteiger partial charge in [-0.2, -0.15) is 0 Å². The van der Waals surface area contributed by atoms with Gasteiger partial charge in [-0.05, 0) is 57.1 Å². The minimum absolute atomic E-state index is 0.160. The normalized spacial score (nSPS) is 16.0. The zero-order valence-electron chi connectivity index (χ0n) is 14.7. The first-order valence-electron chi connectivity index (χ1n) is 8.53. The molecule has 0 aliphatic carbocycles. The van der Waals surface area contributed by atoms with Crippen LogP contribution in [0.2, 0.25) is 0 Å². The third-order valence-electron chi connectivity index (χ3n) is 4.23. The fourth-order valence-electron chi connectivity index (χ4n) is 2.93. The lowest BCUT2D eigenvalue weighted by Crippen LogP contribution is -2.41. The molecule has 1 aliphatic rings. The van der Waals surface area contributed by atoms with Gasteiger partial charge in [0.05, 0.1) is 0 Å². The standard InChI is InChI=1S/C19H27NO4/c1-19(2,3)24-18(23)20-12-10-16(11-13-20)15-7-4-14(5-8-15)6-9-17(21)22/h4-5,7-8,16H,6,9-13H2,1-3H3,(H,21,22). The van der Waals surface area contributed by atoms with E-state index in [0.717, 1.165) is 18.4 Å². The van der Waals surface area contributed by atoms with Gasteiger partial charge >= 0.3 is 12.1 Å². The second-order valence-corrected chi connectivity index (χ2v) is 7.38. The Morgan fingerprint density at radius 2 is 1.75 bits per heavy atom. The van der Waals surface area contributed by atoms with Gasteiger partial charge in [0.15, 0.2) is 0 Å². The summed E-state index contributed by atoms with van der Waals surface area (Å²) in [5.74, 6) is -0.328. The number of carbonyl (C=O) groups is 2. The van der Waals surface area contributed by atoms with Crippen LogP contribution >= 0.6 is 0 Å². The van der Waals surface area contributed by atoms with Crippen molar-refractivity contribution in [3.05, 3.63) is 35.4 Å². The Kier molecular flexibility index (Phi) is 5.86. The summed E-state index contributed by atoms with van der Waals surface area (Å²) in [7, 11) is 0. The number of hydrogen-bond donors (Lipinski definition) is 1. The maximum absolute atomic E-state index is 12.1. The second-order valence-electron chi connectivity index (χ2n) is 7.38. The van der Waals surface area contributed by atoms with Gasteiger partial charge in [-0.3, -0.25) is 4.79 Å². The van der Waals surface area contributed by atoms with Crippen LogP contribution in [0.4, 0.5) is 4.79 Å². The fraction of sp³-hybridized carbons (Fsp3) is 0.579. The van der Waals surface area contributed by atoms with Crippen molar-refractivity contribution in [2.75, 3.05) is 13.1 Å². The number of aliphatic carboxylic acids is 1. The summed E-state index contributed by atoms with van der Waals surface area (Å²) in [6.07, 6.45) is 2.34. The van der Waals surface area contributed by atoms with Crippen LogP contribution < -0.4 is 0 Å². The van der Waals surface area contributed by atoms with E-state index in [4.69, 9.17) is 9.84 Å². The summed E-state index contributed by atoms with van der Waals surface area (Å²) in [6, 6.07) is 8.20. The third kappa shape index (κ3) is 5.55. The first-order valence-corrected chi connectivity index (χ1v) is 8.53. The molecule has 0 saturated carbocycles. The van der Waals surface area contributed by atoms with Crippen molar-refractivity contribution < 1.29 is 19.4 Å². The van der Waals surface area contributed by atoms with Crippen molar-refractivity contribution in [2.24, 2.45) is 0 Å². The molecule has 2 rings (SSSR count). The number of rotatable bonds is 4. The zero-order valence-corrected chi connectivity index (χ0v) is 14.7. The summed E-state index contributed by atoms with van der Waals surface area (Å²) in [6.45, 7) is 7.05. The average molecular weight is 333 g/mol. The Morgan fingerprint density at radius 1 is 1.17 bits per heavy atom. The van der Waals surface area contributed by atoms with Crippen LogP contribution in [0.15, 0.2) is 24.3 Å². The van der Waals surface area contributed by atoms with Crippen molar-refractivity contribution >= 4 is 12.1 Å². The van der Waals surface area contributed by atoms with E-state index in [2.05, 4.69) is 12.1 Å². The maximum Gasteiger partial charge on any atom is 0.410 e. The number of amides is 1. The van der Waals surface area contributed by atoms with E-state index in [9.17, 15) is 9.59 Å². The van der Waals surface area contributed by atoms with E-state index in [1.807, 2.05) is 32.9 Å². The summed E-state index contributed by atoms with van der Waals surface area (Å²) in [4.78, 5) is 24.5. The van der Waals surface area contributed by atoms with E-state index in [-0.39, 0.29) is 12.5 Å². The highest BCUT2D eigenvalue weighted by atomic mass is 16.6. The van der Waals surface area contributed by atoms with Gasteiger partial charge in [-0.15, -0.1) is 0 Å². The molecular formula is C19H27NO4. The summed E-state index contributed by atoms with van der Waals surface area (Å²) < 4.78 is 5.42. The van der Waals surface area contributed by atoms with Crippen LogP contribution in [0.3, 0.4) is 0 Å². The van der Waals surface area contributed by atoms with E-state index in [0.29, 0.717) is 25.4 Å². The van der Waals surface area contributed by atoms with Crippen molar-refractivity contribution in [3.8, 4) is 0 Å². The Balaban J connectivity index is 1.85. The highest BCUT2D eigenvalue weighted by molar-refractivity contribution is 5.68. The van der Waals surface area contributed by atoms with Crippen LogP contribution in [0.1, 0.15) is 57.1 Å². The Labute approximate surface area is 143 Å². The molecule has 132 valence electrons. The quantitative estimate of drug-likeness (QED) is 0.909. The van der Waals surface area contributed by atoms with Crippen LogP contribution in [0.25, 0.3) is 0 Å². The molecule has 1 fully saturated rings. The van der Waals surface area contributed by atoms with Crippen LogP contribution in [-0.4, -0.2) is 40.8 Å². The maximum atomic E-state index is 12.1. The lowest BCUT2D eigenvalue weighted by atomic mass is 9.89. The molecule has 0 atom stereocenters. The average Bonchev–Trinajstić information content (AvgIpc) is 2.52. The number of piperidine rings is 1. The molecule has 5 heteroatoms. The van der Waals surface area contributed by atoms with Crippen molar-refractivity contribution in [1.82, 2.24) is 4.90 Å². The van der Waals surface area contributed by atoms with E-state index in [1.165, 1.54) is 5.56 Å². The number of carboxylic acid groups (broad SMARTS) is 1. The van der Waals surface area contributed by atoms with Gasteiger partial charge in [0, 0.05) is 19.5 Å². The molecule has 5 nitrogen and oxygen atoms in total. The highest BCUT2D eigenvalue weighted by Gasteiger charge is 2.27. The van der Waals surface area contributed by atoms with E-state index < -0.39 is 11.6 Å². The van der Waals surface area contributed by atoms with E-state index >= 15 is 0 Å². The van der Waals surface area contributed by atoms with E-state index in [1.54, 1.807) is 4.90 Å². The SMILES string of the molecule is CC(C)(C)OC(=O)N1CCC(c2ccc(CCC(=O)O)cc2)CC1. The molecule has 1 amide bonds. The van der Waals surface area contributed by atoms with Crippen molar-refractivity contribution in [2.45, 2.75) is 58.0 Å². The molecular weight excluding hydrogens is 306 g/mol. The molecule has 0 aromatic heterocycles. The molecule has 24 heavy (non-hydrogen) atoms. The smallest absolute Gasteiger partial charge is 0.410 e. The fourth-order valence-corrected chi connectivity index (χ4v) is 2.93. The molecule has 1 heterocycles. The summed E-state index contributed by atoms with van der Waals surface area (Å²) in [5.41, 5.74) is 1.85. The number of carboxylic acids is 1. The van der Waals surface area contributed by atoms with Gasteiger partial charge in [-0.25, -0.2) is 4.79 Å². The van der Waals surface area contributed by atoms with Crippen LogP contribution in [-0.2, 0) is 16.0 Å². The van der Waals surface area contributed by atoms with Gasteiger partial charge in [0.25, 0.3) is 0 Å². The predicted octanol–water partition coefficient (Wildman–Crippen LogP) is 3.82. The first-order chi connectivity index (χ1) is 11.2. The minimum atomic E-state index is -0.770. The van der Waals surface area contributed by atoms with Gasteiger partial charge in [-0.1, -0.05) is 24.3 Å². The first kappa shape index (κ1) is 18.3. The van der Waals surface area contributed by atoms with Crippen LogP contribution in [0, 0.1) is 0 Å². The van der Waals surface area contributed by atoms with Crippen molar-refractivity contribution in [3.63, 3.8) is 0 Å². The Morgan fingerprint density at radius 3 is 2.25 bits per heavy atom. The molecule has 0 bridgehead atoms. The minimum Gasteiger partial charge on any atom is -0.481 e. The largest absolute Gasteiger partial charge is 0.481 e. The van der Waals surface area contributed by atoms with Gasteiger partial charge in [0.1, 0.15) is 5.60 Å². The van der Waals surface area contributed by atoms with Gasteiger partial charge in [0.2, 0.25) is 0 Å².